The lowest BCUT2D eigenvalue weighted by Crippen LogP contribution is -2.53. The van der Waals surface area contributed by atoms with Gasteiger partial charge in [-0.05, 0) is 47.7 Å². The van der Waals surface area contributed by atoms with E-state index < -0.39 is 5.60 Å². The minimum absolute atomic E-state index is 0.0209. The average molecular weight is 453 g/mol. The van der Waals surface area contributed by atoms with Gasteiger partial charge in [0.15, 0.2) is 0 Å². The summed E-state index contributed by atoms with van der Waals surface area (Å²) in [5.74, 6) is 0.740. The van der Waals surface area contributed by atoms with E-state index in [1.807, 2.05) is 24.3 Å². The van der Waals surface area contributed by atoms with Crippen molar-refractivity contribution in [3.8, 4) is 11.1 Å². The first-order chi connectivity index (χ1) is 15.4. The Balaban J connectivity index is 1.22. The first kappa shape index (κ1) is 21.5. The van der Waals surface area contributed by atoms with E-state index >= 15 is 0 Å². The molecule has 0 radical (unpaired) electrons. The number of rotatable bonds is 4. The van der Waals surface area contributed by atoms with E-state index in [0.29, 0.717) is 44.6 Å². The molecular weight excluding hydrogens is 424 g/mol. The van der Waals surface area contributed by atoms with Crippen LogP contribution >= 0.6 is 11.8 Å². The Morgan fingerprint density at radius 1 is 1.00 bits per heavy atom. The molecule has 8 heteroatoms. The molecule has 2 unspecified atom stereocenters. The molecule has 2 saturated heterocycles. The van der Waals surface area contributed by atoms with E-state index in [0.717, 1.165) is 16.9 Å². The molecule has 2 atom stereocenters. The molecule has 0 spiro atoms. The number of hydrogen-bond acceptors (Lipinski definition) is 6. The van der Waals surface area contributed by atoms with Crippen LogP contribution in [0.2, 0.25) is 0 Å². The molecule has 2 aromatic carbocycles. The van der Waals surface area contributed by atoms with Gasteiger partial charge in [0.1, 0.15) is 11.1 Å². The van der Waals surface area contributed by atoms with Crippen molar-refractivity contribution < 1.29 is 14.7 Å². The van der Waals surface area contributed by atoms with Crippen LogP contribution in [0.5, 0.6) is 0 Å². The Bertz CT molecular complexity index is 1020. The van der Waals surface area contributed by atoms with Gasteiger partial charge < -0.3 is 20.6 Å². The van der Waals surface area contributed by atoms with E-state index in [4.69, 9.17) is 5.73 Å². The lowest BCUT2D eigenvalue weighted by atomic mass is 9.99. The molecule has 1 aliphatic carbocycles. The second-order valence-corrected chi connectivity index (χ2v) is 9.97. The van der Waals surface area contributed by atoms with Gasteiger partial charge in [-0.25, -0.2) is 0 Å². The van der Waals surface area contributed by atoms with Crippen LogP contribution in [0.4, 0.5) is 0 Å². The summed E-state index contributed by atoms with van der Waals surface area (Å²) >= 11 is 1.72. The van der Waals surface area contributed by atoms with Crippen LogP contribution in [0.25, 0.3) is 11.1 Å². The van der Waals surface area contributed by atoms with Crippen LogP contribution < -0.4 is 11.1 Å². The lowest BCUT2D eigenvalue weighted by molar-refractivity contribution is -0.143. The van der Waals surface area contributed by atoms with Crippen LogP contribution in [0.15, 0.2) is 48.5 Å². The maximum absolute atomic E-state index is 12.9. The summed E-state index contributed by atoms with van der Waals surface area (Å²) < 4.78 is 0. The van der Waals surface area contributed by atoms with Gasteiger partial charge >= 0.3 is 0 Å². The average Bonchev–Trinajstić information content (AvgIpc) is 3.44. The van der Waals surface area contributed by atoms with Crippen molar-refractivity contribution in [1.82, 2.24) is 15.1 Å². The summed E-state index contributed by atoms with van der Waals surface area (Å²) in [5, 5.41) is 13.4. The standard InChI is InChI=1S/C24H28N4O3S/c25-23-26-20(15-32-23)19-3-1-2-18(14-19)16-4-6-17(7-5-16)21(29)27-10-12-28(13-11-27)22(30)24(31)8-9-24/h1-7,14,20,23,26,31H,8-13,15,25H2. The number of thioether (sulfide) groups is 1. The zero-order valence-electron chi connectivity index (χ0n) is 17.9. The molecule has 2 aromatic rings. The highest BCUT2D eigenvalue weighted by molar-refractivity contribution is 8.00. The number of carbonyl (C=O) groups is 2. The van der Waals surface area contributed by atoms with Crippen LogP contribution in [0.1, 0.15) is 34.8 Å². The normalized spacial score (nSPS) is 24.4. The minimum Gasteiger partial charge on any atom is -0.380 e. The zero-order chi connectivity index (χ0) is 22.3. The number of amides is 2. The number of piperazine rings is 1. The van der Waals surface area contributed by atoms with Crippen molar-refractivity contribution in [2.75, 3.05) is 31.9 Å². The van der Waals surface area contributed by atoms with E-state index in [2.05, 4.69) is 29.6 Å². The lowest BCUT2D eigenvalue weighted by Gasteiger charge is -2.35. The molecule has 168 valence electrons. The van der Waals surface area contributed by atoms with Gasteiger partial charge in [0.25, 0.3) is 11.8 Å². The molecule has 2 heterocycles. The summed E-state index contributed by atoms with van der Waals surface area (Å²) in [5.41, 5.74) is 8.82. The van der Waals surface area contributed by atoms with Crippen molar-refractivity contribution in [2.45, 2.75) is 30.0 Å². The Kier molecular flexibility index (Phi) is 5.71. The van der Waals surface area contributed by atoms with Crippen molar-refractivity contribution >= 4 is 23.6 Å². The topological polar surface area (TPSA) is 98.9 Å². The summed E-state index contributed by atoms with van der Waals surface area (Å²) in [4.78, 5) is 28.7. The highest BCUT2D eigenvalue weighted by Crippen LogP contribution is 2.37. The van der Waals surface area contributed by atoms with Gasteiger partial charge in [0.05, 0.1) is 0 Å². The van der Waals surface area contributed by atoms with Gasteiger partial charge in [-0.3, -0.25) is 14.9 Å². The van der Waals surface area contributed by atoms with Crippen molar-refractivity contribution in [2.24, 2.45) is 5.73 Å². The van der Waals surface area contributed by atoms with E-state index in [9.17, 15) is 14.7 Å². The summed E-state index contributed by atoms with van der Waals surface area (Å²) in [6, 6.07) is 16.4. The Hall–Kier alpha value is -2.39. The van der Waals surface area contributed by atoms with Gasteiger partial charge in [-0.1, -0.05) is 30.3 Å². The smallest absolute Gasteiger partial charge is 0.254 e. The third kappa shape index (κ3) is 4.28. The molecule has 3 aliphatic rings. The van der Waals surface area contributed by atoms with E-state index in [1.165, 1.54) is 5.56 Å². The maximum atomic E-state index is 12.9. The number of aliphatic hydroxyl groups is 1. The predicted octanol–water partition coefficient (Wildman–Crippen LogP) is 1.78. The number of carbonyl (C=O) groups excluding carboxylic acids is 2. The van der Waals surface area contributed by atoms with Gasteiger partial charge in [-0.15, -0.1) is 11.8 Å². The third-order valence-electron chi connectivity index (χ3n) is 6.54. The van der Waals surface area contributed by atoms with Crippen LogP contribution in [0.3, 0.4) is 0 Å². The van der Waals surface area contributed by atoms with Crippen LogP contribution in [-0.2, 0) is 4.79 Å². The second kappa shape index (κ2) is 8.51. The Morgan fingerprint density at radius 2 is 1.69 bits per heavy atom. The largest absolute Gasteiger partial charge is 0.380 e. The second-order valence-electron chi connectivity index (χ2n) is 8.79. The predicted molar refractivity (Wildman–Crippen MR) is 125 cm³/mol. The van der Waals surface area contributed by atoms with Gasteiger partial charge in [0.2, 0.25) is 0 Å². The van der Waals surface area contributed by atoms with Crippen LogP contribution in [0, 0.1) is 0 Å². The SMILES string of the molecule is NC1NC(c2cccc(-c3ccc(C(=O)N4CCN(C(=O)C5(O)CC5)CC4)cc3)c2)CS1. The number of nitrogens with zero attached hydrogens (tertiary/aromatic N) is 2. The minimum atomic E-state index is -1.14. The summed E-state index contributed by atoms with van der Waals surface area (Å²) in [6.45, 7) is 1.90. The highest BCUT2D eigenvalue weighted by atomic mass is 32.2. The van der Waals surface area contributed by atoms with Crippen molar-refractivity contribution in [1.29, 1.82) is 0 Å². The maximum Gasteiger partial charge on any atom is 0.254 e. The summed E-state index contributed by atoms with van der Waals surface area (Å²) in [6.07, 6.45) is 1.09. The van der Waals surface area contributed by atoms with E-state index in [1.54, 1.807) is 21.6 Å². The molecule has 4 N–H and O–H groups in total. The fourth-order valence-corrected chi connectivity index (χ4v) is 5.30. The molecule has 1 saturated carbocycles. The Morgan fingerprint density at radius 3 is 2.31 bits per heavy atom. The monoisotopic (exact) mass is 452 g/mol. The quantitative estimate of drug-likeness (QED) is 0.654. The highest BCUT2D eigenvalue weighted by Gasteiger charge is 2.50. The Labute approximate surface area is 192 Å². The van der Waals surface area contributed by atoms with Gasteiger partial charge in [0, 0.05) is 43.5 Å². The zero-order valence-corrected chi connectivity index (χ0v) is 18.7. The summed E-state index contributed by atoms with van der Waals surface area (Å²) in [7, 11) is 0. The van der Waals surface area contributed by atoms with Gasteiger partial charge in [-0.2, -0.15) is 0 Å². The van der Waals surface area contributed by atoms with Crippen molar-refractivity contribution in [3.63, 3.8) is 0 Å². The number of nitrogens with two attached hydrogens (primary N) is 1. The number of nitrogens with one attached hydrogen (secondary N) is 1. The molecule has 3 fully saturated rings. The fourth-order valence-electron chi connectivity index (χ4n) is 4.35. The molecule has 0 aromatic heterocycles. The molecular formula is C24H28N4O3S. The molecule has 7 nitrogen and oxygen atoms in total. The van der Waals surface area contributed by atoms with Crippen molar-refractivity contribution in [3.05, 3.63) is 59.7 Å². The first-order valence-corrected chi connectivity index (χ1v) is 12.1. The van der Waals surface area contributed by atoms with E-state index in [-0.39, 0.29) is 23.4 Å². The number of hydrogen-bond donors (Lipinski definition) is 3. The molecule has 2 amide bonds. The fraction of sp³-hybridized carbons (Fsp3) is 0.417. The first-order valence-electron chi connectivity index (χ1n) is 11.1. The third-order valence-corrected chi connectivity index (χ3v) is 7.56. The molecule has 2 aliphatic heterocycles. The molecule has 0 bridgehead atoms. The molecule has 32 heavy (non-hydrogen) atoms. The van der Waals surface area contributed by atoms with Crippen LogP contribution in [-0.4, -0.2) is 69.8 Å². The molecule has 5 rings (SSSR count). The number of benzene rings is 2.